The summed E-state index contributed by atoms with van der Waals surface area (Å²) < 4.78 is 13.3. The van der Waals surface area contributed by atoms with Crippen LogP contribution in [0, 0.1) is 0 Å². The molecule has 6 heteroatoms. The van der Waals surface area contributed by atoms with E-state index in [-0.39, 0.29) is 5.91 Å². The third-order valence-electron chi connectivity index (χ3n) is 4.45. The van der Waals surface area contributed by atoms with E-state index in [4.69, 9.17) is 9.47 Å². The van der Waals surface area contributed by atoms with Crippen LogP contribution in [0.3, 0.4) is 0 Å². The van der Waals surface area contributed by atoms with Crippen molar-refractivity contribution in [3.05, 3.63) is 29.3 Å². The summed E-state index contributed by atoms with van der Waals surface area (Å²) in [5.41, 5.74) is 1.30. The summed E-state index contributed by atoms with van der Waals surface area (Å²) in [5.74, 6) is 0.849. The quantitative estimate of drug-likeness (QED) is 0.832. The lowest BCUT2D eigenvalue weighted by molar-refractivity contribution is -0.146. The number of hydrogen-bond acceptors (Lipinski definition) is 4. The van der Waals surface area contributed by atoms with Gasteiger partial charge in [0.25, 0.3) is 5.91 Å². The van der Waals surface area contributed by atoms with Gasteiger partial charge in [-0.25, -0.2) is 0 Å². The maximum absolute atomic E-state index is 12.8. The van der Waals surface area contributed by atoms with Crippen LogP contribution in [-0.2, 0) is 26.9 Å². The number of amides is 1. The molecule has 0 saturated carbocycles. The molecule has 6 nitrogen and oxygen atoms in total. The number of aromatic nitrogens is 2. The summed E-state index contributed by atoms with van der Waals surface area (Å²) in [5, 5.41) is 4.21. The number of aryl methyl sites for hydroxylation is 1. The number of nitrogens with zero attached hydrogens (tertiary/aromatic N) is 3. The van der Waals surface area contributed by atoms with E-state index in [1.165, 1.54) is 0 Å². The van der Waals surface area contributed by atoms with Gasteiger partial charge in [0, 0.05) is 25.4 Å². The molecule has 22 heavy (non-hydrogen) atoms. The molecule has 1 aromatic heterocycles. The molecule has 120 valence electrons. The largest absolute Gasteiger partial charge is 0.498 e. The number of morpholine rings is 1. The average molecular weight is 305 g/mol. The van der Waals surface area contributed by atoms with Crippen LogP contribution >= 0.6 is 0 Å². The second kappa shape index (κ2) is 5.76. The summed E-state index contributed by atoms with van der Waals surface area (Å²) in [4.78, 5) is 14.7. The minimum atomic E-state index is -0.508. The van der Waals surface area contributed by atoms with E-state index in [1.807, 2.05) is 38.2 Å². The van der Waals surface area contributed by atoms with E-state index in [0.29, 0.717) is 26.3 Å². The molecule has 0 aliphatic carbocycles. The lowest BCUT2D eigenvalue weighted by atomic mass is 9.96. The summed E-state index contributed by atoms with van der Waals surface area (Å²) >= 11 is 0. The number of rotatable bonds is 2. The Labute approximate surface area is 130 Å². The predicted octanol–water partition coefficient (Wildman–Crippen LogP) is 1.58. The van der Waals surface area contributed by atoms with Gasteiger partial charge >= 0.3 is 0 Å². The molecule has 1 unspecified atom stereocenters. The van der Waals surface area contributed by atoms with E-state index < -0.39 is 5.60 Å². The van der Waals surface area contributed by atoms with Crippen molar-refractivity contribution >= 4 is 5.91 Å². The van der Waals surface area contributed by atoms with Crippen molar-refractivity contribution in [2.45, 2.75) is 32.3 Å². The fourth-order valence-corrected chi connectivity index (χ4v) is 3.10. The van der Waals surface area contributed by atoms with E-state index in [9.17, 15) is 4.79 Å². The molecule has 1 aromatic rings. The molecule has 1 saturated heterocycles. The zero-order valence-electron chi connectivity index (χ0n) is 13.5. The van der Waals surface area contributed by atoms with Crippen LogP contribution in [0.15, 0.2) is 23.7 Å². The molecule has 0 N–H and O–H groups in total. The summed E-state index contributed by atoms with van der Waals surface area (Å²) in [6.07, 6.45) is 5.46. The SMILES string of the molecule is CC1=C(C(=O)N2CCOC(C)(c3cnn(C)c3)C2)CCCO1. The van der Waals surface area contributed by atoms with E-state index in [2.05, 4.69) is 5.10 Å². The van der Waals surface area contributed by atoms with Gasteiger partial charge < -0.3 is 14.4 Å². The molecule has 0 spiro atoms. The zero-order valence-corrected chi connectivity index (χ0v) is 13.5. The van der Waals surface area contributed by atoms with Crippen LogP contribution < -0.4 is 0 Å². The van der Waals surface area contributed by atoms with Gasteiger partial charge in [0.2, 0.25) is 0 Å². The third-order valence-corrected chi connectivity index (χ3v) is 4.45. The normalized spacial score (nSPS) is 26.0. The number of hydrogen-bond donors (Lipinski definition) is 0. The monoisotopic (exact) mass is 305 g/mol. The van der Waals surface area contributed by atoms with E-state index >= 15 is 0 Å². The Hall–Kier alpha value is -1.82. The minimum absolute atomic E-state index is 0.0793. The van der Waals surface area contributed by atoms with Crippen molar-refractivity contribution < 1.29 is 14.3 Å². The topological polar surface area (TPSA) is 56.6 Å². The molecule has 0 aromatic carbocycles. The van der Waals surface area contributed by atoms with Gasteiger partial charge in [-0.1, -0.05) is 0 Å². The number of carbonyl (C=O) groups excluding carboxylic acids is 1. The Balaban J connectivity index is 1.79. The van der Waals surface area contributed by atoms with Gasteiger partial charge in [-0.05, 0) is 26.7 Å². The first-order valence-corrected chi connectivity index (χ1v) is 7.74. The summed E-state index contributed by atoms with van der Waals surface area (Å²) in [6.45, 7) is 6.29. The van der Waals surface area contributed by atoms with Crippen molar-refractivity contribution in [3.8, 4) is 0 Å². The fraction of sp³-hybridized carbons (Fsp3) is 0.625. The molecule has 2 aliphatic rings. The molecule has 1 amide bonds. The van der Waals surface area contributed by atoms with Crippen LogP contribution in [0.25, 0.3) is 0 Å². The number of allylic oxidation sites excluding steroid dienone is 1. The Bertz CT molecular complexity index is 608. The number of carbonyl (C=O) groups is 1. The molecule has 3 rings (SSSR count). The maximum Gasteiger partial charge on any atom is 0.253 e. The van der Waals surface area contributed by atoms with Gasteiger partial charge in [0.05, 0.1) is 31.5 Å². The first-order chi connectivity index (χ1) is 10.5. The van der Waals surface area contributed by atoms with E-state index in [1.54, 1.807) is 4.68 Å². The third kappa shape index (κ3) is 2.75. The minimum Gasteiger partial charge on any atom is -0.498 e. The molecule has 2 aliphatic heterocycles. The summed E-state index contributed by atoms with van der Waals surface area (Å²) in [7, 11) is 1.88. The maximum atomic E-state index is 12.8. The molecule has 0 bridgehead atoms. The van der Waals surface area contributed by atoms with Crippen molar-refractivity contribution in [1.82, 2.24) is 14.7 Å². The second-order valence-corrected chi connectivity index (χ2v) is 6.20. The predicted molar refractivity (Wildman–Crippen MR) is 81.0 cm³/mol. The van der Waals surface area contributed by atoms with Crippen LogP contribution in [0.1, 0.15) is 32.3 Å². The van der Waals surface area contributed by atoms with Gasteiger partial charge in [0.15, 0.2) is 0 Å². The summed E-state index contributed by atoms with van der Waals surface area (Å²) in [6, 6.07) is 0. The van der Waals surface area contributed by atoms with E-state index in [0.717, 1.165) is 29.7 Å². The Morgan fingerprint density at radius 3 is 2.91 bits per heavy atom. The lowest BCUT2D eigenvalue weighted by Crippen LogP contribution is -2.51. The van der Waals surface area contributed by atoms with Crippen molar-refractivity contribution in [3.63, 3.8) is 0 Å². The molecule has 1 atom stereocenters. The second-order valence-electron chi connectivity index (χ2n) is 6.20. The smallest absolute Gasteiger partial charge is 0.253 e. The van der Waals surface area contributed by atoms with Crippen LogP contribution in [0.4, 0.5) is 0 Å². The standard InChI is InChI=1S/C16H23N3O3/c1-12-14(5-4-7-21-12)15(20)19-6-8-22-16(2,11-19)13-9-17-18(3)10-13/h9-10H,4-8,11H2,1-3H3. The van der Waals surface area contributed by atoms with Gasteiger partial charge in [-0.15, -0.1) is 0 Å². The van der Waals surface area contributed by atoms with Crippen molar-refractivity contribution in [1.29, 1.82) is 0 Å². The Morgan fingerprint density at radius 2 is 2.23 bits per heavy atom. The van der Waals surface area contributed by atoms with Gasteiger partial charge in [0.1, 0.15) is 11.4 Å². The molecule has 0 radical (unpaired) electrons. The molecule has 1 fully saturated rings. The van der Waals surface area contributed by atoms with Gasteiger partial charge in [-0.3, -0.25) is 9.48 Å². The van der Waals surface area contributed by atoms with Gasteiger partial charge in [-0.2, -0.15) is 5.10 Å². The zero-order chi connectivity index (χ0) is 15.7. The van der Waals surface area contributed by atoms with Crippen molar-refractivity contribution in [2.75, 3.05) is 26.3 Å². The van der Waals surface area contributed by atoms with Crippen LogP contribution in [-0.4, -0.2) is 46.9 Å². The van der Waals surface area contributed by atoms with Crippen LogP contribution in [0.2, 0.25) is 0 Å². The molecular weight excluding hydrogens is 282 g/mol. The molecule has 3 heterocycles. The highest BCUT2D eigenvalue weighted by Gasteiger charge is 2.38. The number of ether oxygens (including phenoxy) is 2. The van der Waals surface area contributed by atoms with Crippen molar-refractivity contribution in [2.24, 2.45) is 7.05 Å². The fourth-order valence-electron chi connectivity index (χ4n) is 3.10. The first kappa shape index (κ1) is 15.1. The lowest BCUT2D eigenvalue weighted by Gasteiger charge is -2.40. The average Bonchev–Trinajstić information content (AvgIpc) is 2.95. The highest BCUT2D eigenvalue weighted by molar-refractivity contribution is 5.94. The Kier molecular flexibility index (Phi) is 3.95. The first-order valence-electron chi connectivity index (χ1n) is 7.74. The molecular formula is C16H23N3O3. The highest BCUT2D eigenvalue weighted by atomic mass is 16.5. The highest BCUT2D eigenvalue weighted by Crippen LogP contribution is 2.31. The Morgan fingerprint density at radius 1 is 1.41 bits per heavy atom. The van der Waals surface area contributed by atoms with Crippen LogP contribution in [0.5, 0.6) is 0 Å².